The van der Waals surface area contributed by atoms with Crippen LogP contribution in [0.15, 0.2) is 0 Å². The third-order valence-electron chi connectivity index (χ3n) is 0. The van der Waals surface area contributed by atoms with Crippen molar-refractivity contribution in [3.8, 4) is 0 Å². The Bertz CT molecular complexity index is 3.90. The van der Waals surface area contributed by atoms with Gasteiger partial charge in [0.25, 0.3) is 0 Å². The molecule has 48 valence electrons. The van der Waals surface area contributed by atoms with Crippen LogP contribution in [0.4, 0.5) is 0 Å². The molecule has 0 aliphatic rings. The molecule has 0 aromatic heterocycles. The van der Waals surface area contributed by atoms with Gasteiger partial charge < -0.3 is 27.4 Å². The maximum absolute atomic E-state index is 0. The van der Waals surface area contributed by atoms with Gasteiger partial charge in [0.2, 0.25) is 0 Å². The van der Waals surface area contributed by atoms with Crippen LogP contribution < -0.4 is 0 Å². The van der Waals surface area contributed by atoms with Gasteiger partial charge in [-0.3, -0.25) is 0 Å². The standard InChI is InChI=1S/HI.5H2O/h1H;5*1H2. The lowest BCUT2D eigenvalue weighted by Gasteiger charge is -0.413. The third-order valence-corrected chi connectivity index (χ3v) is 0. The van der Waals surface area contributed by atoms with E-state index in [1.807, 2.05) is 0 Å². The molecule has 0 spiro atoms. The van der Waals surface area contributed by atoms with Crippen LogP contribution in [-0.2, 0) is 0 Å². The molecular weight excluding hydrogens is 207 g/mol. The summed E-state index contributed by atoms with van der Waals surface area (Å²) < 4.78 is 0. The van der Waals surface area contributed by atoms with Gasteiger partial charge >= 0.3 is 0 Å². The fraction of sp³-hybridized carbons (Fsp3) is 0. The van der Waals surface area contributed by atoms with Crippen molar-refractivity contribution in [2.24, 2.45) is 0 Å². The Morgan fingerprint density at radius 2 is 0.333 bits per heavy atom. The summed E-state index contributed by atoms with van der Waals surface area (Å²) in [4.78, 5) is 0. The second-order valence-electron chi connectivity index (χ2n) is 0. The first-order chi connectivity index (χ1) is 0. The van der Waals surface area contributed by atoms with E-state index in [0.717, 1.165) is 0 Å². The first kappa shape index (κ1) is 711. The van der Waals surface area contributed by atoms with Crippen LogP contribution in [0.3, 0.4) is 0 Å². The number of hydrogen-bond donors (Lipinski definition) is 0. The normalized spacial score (nSPS) is 0. The lowest BCUT2D eigenvalue weighted by atomic mass is 16.0. The fourth-order valence-corrected chi connectivity index (χ4v) is 0. The Balaban J connectivity index is 0. The van der Waals surface area contributed by atoms with Gasteiger partial charge in [-0.25, -0.2) is 0 Å². The Kier molecular flexibility index (Phi) is 47900. The van der Waals surface area contributed by atoms with Crippen molar-refractivity contribution in [2.75, 3.05) is 0 Å². The number of halogens is 1. The van der Waals surface area contributed by atoms with Gasteiger partial charge in [-0.2, -0.15) is 0 Å². The third kappa shape index (κ3) is 201. The van der Waals surface area contributed by atoms with Gasteiger partial charge in [0.05, 0.1) is 0 Å². The quantitative estimate of drug-likeness (QED) is 0.369. The SMILES string of the molecule is I.O.O.O.O.O. The van der Waals surface area contributed by atoms with E-state index in [2.05, 4.69) is 0 Å². The van der Waals surface area contributed by atoms with Crippen LogP contribution >= 0.6 is 24.0 Å². The van der Waals surface area contributed by atoms with Crippen LogP contribution in [0, 0.1) is 0 Å². The highest BCUT2D eigenvalue weighted by Crippen LogP contribution is 0.886. The first-order valence-corrected chi connectivity index (χ1v) is 0. The molecule has 0 unspecified atom stereocenters. The zero-order valence-electron chi connectivity index (χ0n) is 2.91. The molecule has 0 aromatic carbocycles. The molecule has 6 heavy (non-hydrogen) atoms. The van der Waals surface area contributed by atoms with E-state index in [0.29, 0.717) is 0 Å². The van der Waals surface area contributed by atoms with Gasteiger partial charge in [0.15, 0.2) is 0 Å². The molecule has 0 saturated carbocycles. The average molecular weight is 218 g/mol. The molecule has 10 N–H and O–H groups in total. The van der Waals surface area contributed by atoms with Gasteiger partial charge in [0, 0.05) is 0 Å². The minimum absolute atomic E-state index is 0. The molecule has 6 heteroatoms. The predicted octanol–water partition coefficient (Wildman–Crippen LogP) is -3.51. The van der Waals surface area contributed by atoms with Crippen molar-refractivity contribution >= 4 is 24.0 Å². The molecule has 0 radical (unpaired) electrons. The van der Waals surface area contributed by atoms with Crippen molar-refractivity contribution in [3.63, 3.8) is 0 Å². The fourth-order valence-electron chi connectivity index (χ4n) is 0. The highest BCUT2D eigenvalue weighted by Gasteiger charge is -0.107. The lowest BCUT2D eigenvalue weighted by molar-refractivity contribution is 0.823. The van der Waals surface area contributed by atoms with Crippen molar-refractivity contribution in [1.82, 2.24) is 0 Å². The minimum Gasteiger partial charge on any atom is -0.412 e. The lowest BCUT2D eigenvalue weighted by Crippen LogP contribution is -0.290. The predicted molar refractivity (Wildman–Crippen MR) is 33.5 cm³/mol. The number of hydrogen-bond acceptors (Lipinski definition) is 0. The molecule has 0 heterocycles. The number of rotatable bonds is 0. The maximum atomic E-state index is 0. The van der Waals surface area contributed by atoms with Crippen molar-refractivity contribution in [1.29, 1.82) is 0 Å². The molecule has 0 aromatic rings. The van der Waals surface area contributed by atoms with Crippen molar-refractivity contribution in [2.45, 2.75) is 0 Å². The van der Waals surface area contributed by atoms with Gasteiger partial charge in [-0.05, 0) is 0 Å². The second kappa shape index (κ2) is 404. The van der Waals surface area contributed by atoms with E-state index in [4.69, 9.17) is 0 Å². The van der Waals surface area contributed by atoms with E-state index in [9.17, 15) is 0 Å². The first-order valence-electron chi connectivity index (χ1n) is 0. The Morgan fingerprint density at radius 1 is 0.333 bits per heavy atom. The molecule has 5 nitrogen and oxygen atoms in total. The van der Waals surface area contributed by atoms with Crippen molar-refractivity contribution < 1.29 is 27.4 Å². The van der Waals surface area contributed by atoms with Crippen LogP contribution in [0.1, 0.15) is 0 Å². The van der Waals surface area contributed by atoms with Gasteiger partial charge in [-0.1, -0.05) is 0 Å². The average Bonchev–Trinajstić information content (AvgIpc) is 0. The highest BCUT2D eigenvalue weighted by molar-refractivity contribution is 14.0. The Hall–Kier alpha value is 0.530. The second-order valence-corrected chi connectivity index (χ2v) is 0. The van der Waals surface area contributed by atoms with Gasteiger partial charge in [0.1, 0.15) is 0 Å². The molecule has 0 amide bonds. The minimum atomic E-state index is 0. The van der Waals surface area contributed by atoms with E-state index in [-0.39, 0.29) is 51.4 Å². The molecular formula is H11IO5. The smallest absolute Gasteiger partial charge is 0.107 e. The van der Waals surface area contributed by atoms with Crippen LogP contribution in [0.2, 0.25) is 0 Å². The molecule has 0 aliphatic heterocycles. The van der Waals surface area contributed by atoms with Crippen LogP contribution in [0.25, 0.3) is 0 Å². The summed E-state index contributed by atoms with van der Waals surface area (Å²) in [5.74, 6) is 0. The summed E-state index contributed by atoms with van der Waals surface area (Å²) in [5.41, 5.74) is 0. The molecule has 0 saturated heterocycles. The van der Waals surface area contributed by atoms with E-state index < -0.39 is 0 Å². The zero-order valence-corrected chi connectivity index (χ0v) is 5.24. The monoisotopic (exact) mass is 218 g/mol. The zero-order chi connectivity index (χ0) is 0. The molecule has 0 bridgehead atoms. The van der Waals surface area contributed by atoms with E-state index >= 15 is 0 Å². The largest absolute Gasteiger partial charge is 0.412 e. The summed E-state index contributed by atoms with van der Waals surface area (Å²) in [7, 11) is 0. The van der Waals surface area contributed by atoms with Crippen molar-refractivity contribution in [3.05, 3.63) is 0 Å². The van der Waals surface area contributed by atoms with E-state index in [1.165, 1.54) is 0 Å². The Labute approximate surface area is 51.9 Å². The Morgan fingerprint density at radius 3 is 0.333 bits per heavy atom. The molecule has 0 atom stereocenters. The van der Waals surface area contributed by atoms with Gasteiger partial charge in [-0.15, -0.1) is 24.0 Å². The summed E-state index contributed by atoms with van der Waals surface area (Å²) in [5, 5.41) is 0. The van der Waals surface area contributed by atoms with Crippen LogP contribution in [0.5, 0.6) is 0 Å². The topological polar surface area (TPSA) is 158 Å². The maximum Gasteiger partial charge on any atom is -0.107 e. The molecule has 0 rings (SSSR count). The molecule has 0 fully saturated rings. The summed E-state index contributed by atoms with van der Waals surface area (Å²) in [6.07, 6.45) is 0. The van der Waals surface area contributed by atoms with Crippen LogP contribution in [-0.4, -0.2) is 27.4 Å². The summed E-state index contributed by atoms with van der Waals surface area (Å²) in [6, 6.07) is 0. The summed E-state index contributed by atoms with van der Waals surface area (Å²) in [6.45, 7) is 0. The molecule has 0 aliphatic carbocycles. The highest BCUT2D eigenvalue weighted by atomic mass is 127. The van der Waals surface area contributed by atoms with E-state index in [1.54, 1.807) is 0 Å². The summed E-state index contributed by atoms with van der Waals surface area (Å²) >= 11 is 0.